The van der Waals surface area contributed by atoms with Crippen molar-refractivity contribution in [1.29, 1.82) is 5.41 Å². The molecule has 3 amide bonds. The lowest BCUT2D eigenvalue weighted by atomic mass is 10.0. The van der Waals surface area contributed by atoms with E-state index in [0.29, 0.717) is 31.8 Å². The third-order valence-corrected chi connectivity index (χ3v) is 8.36. The van der Waals surface area contributed by atoms with Crippen molar-refractivity contribution >= 4 is 34.9 Å². The number of ether oxygens (including phenoxy) is 3. The molecule has 3 heterocycles. The molecule has 2 fully saturated rings. The van der Waals surface area contributed by atoms with Crippen LogP contribution in [-0.2, 0) is 23.9 Å². The van der Waals surface area contributed by atoms with Crippen LogP contribution in [0.15, 0.2) is 72.1 Å². The maximum atomic E-state index is 13.8. The van der Waals surface area contributed by atoms with Crippen LogP contribution in [0.5, 0.6) is 5.75 Å². The zero-order valence-electron chi connectivity index (χ0n) is 23.6. The number of amidine groups is 1. The minimum Gasteiger partial charge on any atom is -0.494 e. The van der Waals surface area contributed by atoms with Crippen LogP contribution in [0.2, 0.25) is 0 Å². The highest BCUT2D eigenvalue weighted by atomic mass is 32.1. The highest BCUT2D eigenvalue weighted by Crippen LogP contribution is 2.36. The summed E-state index contributed by atoms with van der Waals surface area (Å²) in [7, 11) is 0. The van der Waals surface area contributed by atoms with E-state index in [1.54, 1.807) is 11.4 Å². The van der Waals surface area contributed by atoms with Gasteiger partial charge >= 0.3 is 0 Å². The minimum absolute atomic E-state index is 0.0588. The molecule has 12 heteroatoms. The van der Waals surface area contributed by atoms with Gasteiger partial charge in [0.15, 0.2) is 5.79 Å². The summed E-state index contributed by atoms with van der Waals surface area (Å²) in [4.78, 5) is 41.9. The molecule has 226 valence electrons. The van der Waals surface area contributed by atoms with Crippen molar-refractivity contribution in [3.8, 4) is 5.75 Å². The third kappa shape index (κ3) is 7.58. The minimum atomic E-state index is -1.07. The van der Waals surface area contributed by atoms with Gasteiger partial charge < -0.3 is 35.5 Å². The molecule has 0 saturated carbocycles. The molecule has 2 aromatic carbocycles. The van der Waals surface area contributed by atoms with Crippen LogP contribution in [0.1, 0.15) is 41.3 Å². The van der Waals surface area contributed by atoms with Crippen molar-refractivity contribution in [1.82, 2.24) is 15.5 Å². The van der Waals surface area contributed by atoms with E-state index in [0.717, 1.165) is 16.2 Å². The van der Waals surface area contributed by atoms with Crippen LogP contribution < -0.4 is 21.1 Å². The number of para-hydroxylation sites is 1. The molecule has 1 aromatic heterocycles. The molecular weight excluding hydrogens is 570 g/mol. The van der Waals surface area contributed by atoms with Crippen LogP contribution in [0.25, 0.3) is 0 Å². The van der Waals surface area contributed by atoms with Crippen molar-refractivity contribution in [2.75, 3.05) is 32.9 Å². The molecule has 1 spiro atoms. The van der Waals surface area contributed by atoms with Gasteiger partial charge in [0, 0.05) is 28.7 Å². The summed E-state index contributed by atoms with van der Waals surface area (Å²) >= 11 is 1.39. The summed E-state index contributed by atoms with van der Waals surface area (Å²) < 4.78 is 17.3. The van der Waals surface area contributed by atoms with Crippen LogP contribution in [0.3, 0.4) is 0 Å². The SMILES string of the molecule is N=C(N)c1csc([C@@H](NC(=O)[C@@H]2CC3(CN2C(=O)CNC(=O)CCCOc2ccccc2)OCCO3)c2ccccc2)c1. The molecule has 0 aliphatic carbocycles. The van der Waals surface area contributed by atoms with Gasteiger partial charge in [0.1, 0.15) is 17.6 Å². The normalized spacial score (nSPS) is 17.9. The molecule has 2 aliphatic rings. The Hall–Kier alpha value is -4.26. The molecule has 5 N–H and O–H groups in total. The molecule has 0 bridgehead atoms. The van der Waals surface area contributed by atoms with Crippen molar-refractivity contribution < 1.29 is 28.6 Å². The first-order chi connectivity index (χ1) is 20.8. The van der Waals surface area contributed by atoms with E-state index in [-0.39, 0.29) is 43.6 Å². The fraction of sp³-hybridized carbons (Fsp3) is 0.355. The monoisotopic (exact) mass is 605 g/mol. The zero-order valence-corrected chi connectivity index (χ0v) is 24.4. The first kappa shape index (κ1) is 30.2. The Morgan fingerprint density at radius 1 is 1.09 bits per heavy atom. The van der Waals surface area contributed by atoms with Gasteiger partial charge in [-0.25, -0.2) is 0 Å². The number of nitrogen functional groups attached to an aromatic ring is 1. The van der Waals surface area contributed by atoms with Crippen molar-refractivity contribution in [3.63, 3.8) is 0 Å². The molecule has 3 aromatic rings. The van der Waals surface area contributed by atoms with Crippen molar-refractivity contribution in [3.05, 3.63) is 88.1 Å². The highest BCUT2D eigenvalue weighted by Gasteiger charge is 2.52. The van der Waals surface area contributed by atoms with Gasteiger partial charge in [0.2, 0.25) is 17.7 Å². The Labute approximate surface area is 253 Å². The summed E-state index contributed by atoms with van der Waals surface area (Å²) in [6, 6.07) is 19.2. The smallest absolute Gasteiger partial charge is 0.243 e. The molecule has 11 nitrogen and oxygen atoms in total. The van der Waals surface area contributed by atoms with E-state index < -0.39 is 23.8 Å². The second-order valence-corrected chi connectivity index (χ2v) is 11.3. The Kier molecular flexibility index (Phi) is 9.70. The number of rotatable bonds is 12. The van der Waals surface area contributed by atoms with Crippen molar-refractivity contribution in [2.24, 2.45) is 5.73 Å². The van der Waals surface area contributed by atoms with Gasteiger partial charge in [0.05, 0.1) is 39.0 Å². The molecule has 2 saturated heterocycles. The number of nitrogens with zero attached hydrogens (tertiary/aromatic N) is 1. The molecule has 0 unspecified atom stereocenters. The standard InChI is InChI=1S/C31H35N5O6S/c32-29(33)22-16-25(43-19-22)28(21-8-3-1-4-9-21)35-30(39)24-17-31(41-14-15-42-31)20-36(24)27(38)18-34-26(37)12-7-13-40-23-10-5-2-6-11-23/h1-6,8-11,16,19,24,28H,7,12-15,17-18,20H2,(H3,32,33)(H,34,37)(H,35,39)/t24-,28-/m0/s1. The number of carbonyl (C=O) groups is 3. The Morgan fingerprint density at radius 2 is 1.79 bits per heavy atom. The quantitative estimate of drug-likeness (QED) is 0.140. The predicted molar refractivity (Wildman–Crippen MR) is 161 cm³/mol. The summed E-state index contributed by atoms with van der Waals surface area (Å²) in [5.74, 6) is -1.46. The van der Waals surface area contributed by atoms with Gasteiger partial charge in [-0.05, 0) is 30.2 Å². The number of likely N-dealkylation sites (tertiary alicyclic amines) is 1. The van der Waals surface area contributed by atoms with Crippen LogP contribution in [0, 0.1) is 5.41 Å². The van der Waals surface area contributed by atoms with E-state index in [4.69, 9.17) is 25.4 Å². The molecule has 5 rings (SSSR count). The van der Waals surface area contributed by atoms with Gasteiger partial charge in [0.25, 0.3) is 0 Å². The lowest BCUT2D eigenvalue weighted by molar-refractivity contribution is -0.152. The molecule has 2 aliphatic heterocycles. The third-order valence-electron chi connectivity index (χ3n) is 7.36. The van der Waals surface area contributed by atoms with E-state index in [9.17, 15) is 14.4 Å². The van der Waals surface area contributed by atoms with E-state index in [1.807, 2.05) is 60.7 Å². The molecule has 2 atom stereocenters. The van der Waals surface area contributed by atoms with Crippen LogP contribution in [0.4, 0.5) is 0 Å². The highest BCUT2D eigenvalue weighted by molar-refractivity contribution is 7.10. The Bertz CT molecular complexity index is 1430. The largest absolute Gasteiger partial charge is 0.494 e. The summed E-state index contributed by atoms with van der Waals surface area (Å²) in [6.07, 6.45) is 0.853. The number of nitrogens with one attached hydrogen (secondary N) is 3. The Morgan fingerprint density at radius 3 is 2.47 bits per heavy atom. The number of carbonyl (C=O) groups excluding carboxylic acids is 3. The average molecular weight is 606 g/mol. The lowest BCUT2D eigenvalue weighted by Gasteiger charge is -2.26. The van der Waals surface area contributed by atoms with E-state index >= 15 is 0 Å². The average Bonchev–Trinajstić information content (AvgIpc) is 3.79. The fourth-order valence-corrected chi connectivity index (χ4v) is 6.18. The fourth-order valence-electron chi connectivity index (χ4n) is 5.19. The summed E-state index contributed by atoms with van der Waals surface area (Å²) in [5, 5.41) is 15.3. The van der Waals surface area contributed by atoms with Gasteiger partial charge in [-0.2, -0.15) is 0 Å². The zero-order chi connectivity index (χ0) is 30.2. The number of thiophene rings is 1. The topological polar surface area (TPSA) is 156 Å². The van der Waals surface area contributed by atoms with E-state index in [2.05, 4.69) is 10.6 Å². The lowest BCUT2D eigenvalue weighted by Crippen LogP contribution is -2.49. The molecular formula is C31H35N5O6S. The predicted octanol–water partition coefficient (Wildman–Crippen LogP) is 2.56. The number of nitrogens with two attached hydrogens (primary N) is 1. The number of hydrogen-bond donors (Lipinski definition) is 4. The maximum Gasteiger partial charge on any atom is 0.243 e. The van der Waals surface area contributed by atoms with Crippen molar-refractivity contribution in [2.45, 2.75) is 37.1 Å². The van der Waals surface area contributed by atoms with Gasteiger partial charge in [-0.15, -0.1) is 11.3 Å². The number of amides is 3. The van der Waals surface area contributed by atoms with Crippen LogP contribution >= 0.6 is 11.3 Å². The summed E-state index contributed by atoms with van der Waals surface area (Å²) in [5.41, 5.74) is 7.10. The van der Waals surface area contributed by atoms with E-state index in [1.165, 1.54) is 16.2 Å². The first-order valence-corrected chi connectivity index (χ1v) is 15.0. The first-order valence-electron chi connectivity index (χ1n) is 14.1. The maximum absolute atomic E-state index is 13.8. The number of benzene rings is 2. The van der Waals surface area contributed by atoms with Gasteiger partial charge in [-0.1, -0.05) is 48.5 Å². The Balaban J connectivity index is 1.23. The van der Waals surface area contributed by atoms with Crippen LogP contribution in [-0.4, -0.2) is 73.2 Å². The summed E-state index contributed by atoms with van der Waals surface area (Å²) in [6.45, 7) is 0.931. The molecule has 0 radical (unpaired) electrons. The second kappa shape index (κ2) is 13.8. The second-order valence-electron chi connectivity index (χ2n) is 10.4. The van der Waals surface area contributed by atoms with Gasteiger partial charge in [-0.3, -0.25) is 19.8 Å². The number of hydrogen-bond acceptors (Lipinski definition) is 8. The molecule has 43 heavy (non-hydrogen) atoms.